The SMILES string of the molecule is Cc1ccc(-n2nc(C(C)C)cc2NC(=O)c2cn(C3CCNCC3)nn2)cc1. The van der Waals surface area contributed by atoms with Crippen LogP contribution in [0.3, 0.4) is 0 Å². The Labute approximate surface area is 170 Å². The van der Waals surface area contributed by atoms with E-state index in [1.165, 1.54) is 5.56 Å². The molecule has 8 nitrogen and oxygen atoms in total. The maximum atomic E-state index is 12.8. The fourth-order valence-electron chi connectivity index (χ4n) is 3.46. The normalized spacial score (nSPS) is 15.0. The van der Waals surface area contributed by atoms with E-state index >= 15 is 0 Å². The highest BCUT2D eigenvalue weighted by Gasteiger charge is 2.20. The van der Waals surface area contributed by atoms with Crippen molar-refractivity contribution in [3.8, 4) is 5.69 Å². The number of hydrogen-bond acceptors (Lipinski definition) is 5. The first-order chi connectivity index (χ1) is 14.0. The van der Waals surface area contributed by atoms with E-state index in [1.54, 1.807) is 10.9 Å². The number of carbonyl (C=O) groups is 1. The molecule has 4 rings (SSSR count). The van der Waals surface area contributed by atoms with Gasteiger partial charge in [0.25, 0.3) is 5.91 Å². The summed E-state index contributed by atoms with van der Waals surface area (Å²) in [4.78, 5) is 12.8. The van der Waals surface area contributed by atoms with Gasteiger partial charge in [0.1, 0.15) is 5.82 Å². The number of hydrogen-bond donors (Lipinski definition) is 2. The van der Waals surface area contributed by atoms with Crippen LogP contribution in [0, 0.1) is 6.92 Å². The zero-order valence-electron chi connectivity index (χ0n) is 17.1. The number of aryl methyl sites for hydroxylation is 1. The molecule has 152 valence electrons. The average molecular weight is 393 g/mol. The summed E-state index contributed by atoms with van der Waals surface area (Å²) >= 11 is 0. The van der Waals surface area contributed by atoms with Crippen molar-refractivity contribution in [1.82, 2.24) is 30.1 Å². The molecule has 1 aliphatic rings. The van der Waals surface area contributed by atoms with Crippen molar-refractivity contribution in [1.29, 1.82) is 0 Å². The number of anilines is 1. The molecule has 29 heavy (non-hydrogen) atoms. The molecule has 3 heterocycles. The van der Waals surface area contributed by atoms with Crippen LogP contribution in [0.1, 0.15) is 60.4 Å². The minimum Gasteiger partial charge on any atom is -0.317 e. The van der Waals surface area contributed by atoms with Gasteiger partial charge in [0.05, 0.1) is 23.6 Å². The van der Waals surface area contributed by atoms with Crippen LogP contribution in [-0.2, 0) is 0 Å². The fourth-order valence-corrected chi connectivity index (χ4v) is 3.46. The van der Waals surface area contributed by atoms with Crippen LogP contribution in [0.2, 0.25) is 0 Å². The van der Waals surface area contributed by atoms with Gasteiger partial charge in [0, 0.05) is 6.07 Å². The van der Waals surface area contributed by atoms with E-state index in [1.807, 2.05) is 41.9 Å². The van der Waals surface area contributed by atoms with E-state index in [4.69, 9.17) is 0 Å². The van der Waals surface area contributed by atoms with Gasteiger partial charge < -0.3 is 10.6 Å². The quantitative estimate of drug-likeness (QED) is 0.695. The van der Waals surface area contributed by atoms with E-state index in [-0.39, 0.29) is 17.9 Å². The van der Waals surface area contributed by atoms with Crippen LogP contribution in [0.25, 0.3) is 5.69 Å². The van der Waals surface area contributed by atoms with Crippen molar-refractivity contribution in [2.24, 2.45) is 0 Å². The van der Waals surface area contributed by atoms with Crippen molar-refractivity contribution >= 4 is 11.7 Å². The van der Waals surface area contributed by atoms with Gasteiger partial charge in [0.2, 0.25) is 0 Å². The summed E-state index contributed by atoms with van der Waals surface area (Å²) in [5.74, 6) is 0.589. The molecule has 0 saturated carbocycles. The Kier molecular flexibility index (Phi) is 5.44. The van der Waals surface area contributed by atoms with Crippen LogP contribution in [0.5, 0.6) is 0 Å². The second kappa shape index (κ2) is 8.16. The minimum atomic E-state index is -0.284. The first-order valence-corrected chi connectivity index (χ1v) is 10.1. The number of rotatable bonds is 5. The smallest absolute Gasteiger partial charge is 0.278 e. The Balaban J connectivity index is 1.57. The third-order valence-corrected chi connectivity index (χ3v) is 5.27. The molecule has 1 saturated heterocycles. The minimum absolute atomic E-state index is 0.248. The second-order valence-corrected chi connectivity index (χ2v) is 7.88. The van der Waals surface area contributed by atoms with Gasteiger partial charge >= 0.3 is 0 Å². The molecule has 3 aromatic rings. The highest BCUT2D eigenvalue weighted by Crippen LogP contribution is 2.23. The first kappa shape index (κ1) is 19.3. The number of benzene rings is 1. The summed E-state index contributed by atoms with van der Waals surface area (Å²) in [7, 11) is 0. The molecule has 2 N–H and O–H groups in total. The lowest BCUT2D eigenvalue weighted by Crippen LogP contribution is -2.29. The van der Waals surface area contributed by atoms with Crippen LogP contribution >= 0.6 is 0 Å². The van der Waals surface area contributed by atoms with Crippen LogP contribution in [-0.4, -0.2) is 43.8 Å². The molecule has 0 aliphatic carbocycles. The van der Waals surface area contributed by atoms with Gasteiger partial charge in [-0.05, 0) is 50.9 Å². The summed E-state index contributed by atoms with van der Waals surface area (Å²) in [6.07, 6.45) is 3.71. The summed E-state index contributed by atoms with van der Waals surface area (Å²) in [6, 6.07) is 10.3. The van der Waals surface area contributed by atoms with Gasteiger partial charge in [-0.15, -0.1) is 5.10 Å². The Morgan fingerprint density at radius 1 is 1.21 bits per heavy atom. The van der Waals surface area contributed by atoms with Crippen molar-refractivity contribution in [2.75, 3.05) is 18.4 Å². The average Bonchev–Trinajstić information content (AvgIpc) is 3.37. The Morgan fingerprint density at radius 3 is 2.62 bits per heavy atom. The third-order valence-electron chi connectivity index (χ3n) is 5.27. The van der Waals surface area contributed by atoms with E-state index in [9.17, 15) is 4.79 Å². The maximum Gasteiger partial charge on any atom is 0.278 e. The van der Waals surface area contributed by atoms with Gasteiger partial charge in [-0.2, -0.15) is 5.10 Å². The number of nitrogens with zero attached hydrogens (tertiary/aromatic N) is 5. The molecule has 1 fully saturated rings. The lowest BCUT2D eigenvalue weighted by atomic mass is 10.1. The number of carbonyl (C=O) groups excluding carboxylic acids is 1. The van der Waals surface area contributed by atoms with Gasteiger partial charge in [-0.3, -0.25) is 4.79 Å². The fraction of sp³-hybridized carbons (Fsp3) is 0.429. The zero-order valence-corrected chi connectivity index (χ0v) is 17.1. The van der Waals surface area contributed by atoms with Crippen molar-refractivity contribution < 1.29 is 4.79 Å². The standard InChI is InChI=1S/C21H27N7O/c1-14(2)18-12-20(28(25-18)17-6-4-15(3)5-7-17)23-21(29)19-13-27(26-24-19)16-8-10-22-11-9-16/h4-7,12-14,16,22H,8-11H2,1-3H3,(H,23,29). The van der Waals surface area contributed by atoms with Gasteiger partial charge in [0.15, 0.2) is 5.69 Å². The molecule has 8 heteroatoms. The summed E-state index contributed by atoms with van der Waals surface area (Å²) in [5, 5.41) is 19.3. The summed E-state index contributed by atoms with van der Waals surface area (Å²) < 4.78 is 3.58. The summed E-state index contributed by atoms with van der Waals surface area (Å²) in [6.45, 7) is 8.12. The molecular formula is C21H27N7O. The number of aromatic nitrogens is 5. The maximum absolute atomic E-state index is 12.8. The lowest BCUT2D eigenvalue weighted by Gasteiger charge is -2.22. The molecule has 2 aromatic heterocycles. The molecular weight excluding hydrogens is 366 g/mol. The Hall–Kier alpha value is -3.00. The molecule has 1 amide bonds. The van der Waals surface area contributed by atoms with Crippen LogP contribution in [0.15, 0.2) is 36.5 Å². The lowest BCUT2D eigenvalue weighted by molar-refractivity contribution is 0.102. The highest BCUT2D eigenvalue weighted by atomic mass is 16.2. The topological polar surface area (TPSA) is 89.7 Å². The zero-order chi connectivity index (χ0) is 20.4. The number of piperidine rings is 1. The largest absolute Gasteiger partial charge is 0.317 e. The van der Waals surface area contributed by atoms with E-state index in [2.05, 4.69) is 39.9 Å². The first-order valence-electron chi connectivity index (χ1n) is 10.1. The number of amides is 1. The predicted molar refractivity (Wildman–Crippen MR) is 112 cm³/mol. The molecule has 0 bridgehead atoms. The third kappa shape index (κ3) is 4.22. The van der Waals surface area contributed by atoms with E-state index in [0.29, 0.717) is 11.5 Å². The van der Waals surface area contributed by atoms with E-state index < -0.39 is 0 Å². The van der Waals surface area contributed by atoms with E-state index in [0.717, 1.165) is 37.3 Å². The van der Waals surface area contributed by atoms with Crippen LogP contribution < -0.4 is 10.6 Å². The predicted octanol–water partition coefficient (Wildman–Crippen LogP) is 3.07. The van der Waals surface area contributed by atoms with Crippen LogP contribution in [0.4, 0.5) is 5.82 Å². The van der Waals surface area contributed by atoms with Crippen molar-refractivity contribution in [3.63, 3.8) is 0 Å². The molecule has 0 radical (unpaired) electrons. The van der Waals surface area contributed by atoms with Gasteiger partial charge in [-0.1, -0.05) is 36.8 Å². The Morgan fingerprint density at radius 2 is 1.93 bits per heavy atom. The molecule has 1 aromatic carbocycles. The number of nitrogens with one attached hydrogen (secondary N) is 2. The highest BCUT2D eigenvalue weighted by molar-refractivity contribution is 6.02. The van der Waals surface area contributed by atoms with Crippen molar-refractivity contribution in [3.05, 3.63) is 53.5 Å². The Bertz CT molecular complexity index is 981. The summed E-state index contributed by atoms with van der Waals surface area (Å²) in [5.41, 5.74) is 3.30. The molecule has 0 unspecified atom stereocenters. The molecule has 1 aliphatic heterocycles. The molecule has 0 atom stereocenters. The van der Waals surface area contributed by atoms with Gasteiger partial charge in [-0.25, -0.2) is 9.36 Å². The monoisotopic (exact) mass is 393 g/mol. The molecule has 0 spiro atoms. The van der Waals surface area contributed by atoms with Crippen molar-refractivity contribution in [2.45, 2.75) is 45.6 Å². The second-order valence-electron chi connectivity index (χ2n) is 7.88.